The monoisotopic (exact) mass is 309 g/mol. The highest BCUT2D eigenvalue weighted by molar-refractivity contribution is 7.99. The fraction of sp³-hybridized carbons (Fsp3) is 0.500. The first-order valence-electron chi connectivity index (χ1n) is 6.77. The predicted molar refractivity (Wildman–Crippen MR) is 85.4 cm³/mol. The molecule has 0 saturated heterocycles. The number of fused-ring (bicyclic) bond motifs is 1. The second kappa shape index (κ2) is 7.04. The van der Waals surface area contributed by atoms with Crippen molar-refractivity contribution in [3.63, 3.8) is 0 Å². The van der Waals surface area contributed by atoms with E-state index >= 15 is 0 Å². The molecule has 108 valence electrons. The molecule has 2 aromatic rings. The van der Waals surface area contributed by atoms with Crippen molar-refractivity contribution in [2.45, 2.75) is 32.2 Å². The van der Waals surface area contributed by atoms with Crippen LogP contribution in [0.25, 0.3) is 10.2 Å². The Morgan fingerprint density at radius 1 is 1.35 bits per heavy atom. The molecule has 0 radical (unpaired) electrons. The summed E-state index contributed by atoms with van der Waals surface area (Å²) in [5.41, 5.74) is 0. The predicted octanol–water partition coefficient (Wildman–Crippen LogP) is 3.35. The molecule has 4 nitrogen and oxygen atoms in total. The molecule has 0 N–H and O–H groups in total. The zero-order valence-electron chi connectivity index (χ0n) is 12.0. The van der Waals surface area contributed by atoms with Gasteiger partial charge in [-0.15, -0.1) is 23.1 Å². The number of carbonyl (C=O) groups excluding carboxylic acids is 1. The highest BCUT2D eigenvalue weighted by Gasteiger charge is 2.11. The van der Waals surface area contributed by atoms with Gasteiger partial charge in [-0.05, 0) is 26.8 Å². The molecule has 2 aromatic heterocycles. The van der Waals surface area contributed by atoms with E-state index in [1.54, 1.807) is 29.4 Å². The third-order valence-corrected chi connectivity index (χ3v) is 5.05. The number of thioether (sulfide) groups is 1. The second-order valence-electron chi connectivity index (χ2n) is 4.42. The number of aromatic nitrogens is 2. The van der Waals surface area contributed by atoms with Gasteiger partial charge in [0.25, 0.3) is 0 Å². The SMILES string of the molecule is CCN(CC)C(=O)CCSc1ncnc2sc(C)cc12. The molecule has 6 heteroatoms. The molecule has 1 amide bonds. The molecule has 2 heterocycles. The van der Waals surface area contributed by atoms with Crippen molar-refractivity contribution in [3.8, 4) is 0 Å². The van der Waals surface area contributed by atoms with Crippen LogP contribution in [0.5, 0.6) is 0 Å². The Balaban J connectivity index is 1.98. The van der Waals surface area contributed by atoms with Crippen molar-refractivity contribution in [1.29, 1.82) is 0 Å². The Bertz CT molecular complexity index is 593. The van der Waals surface area contributed by atoms with E-state index in [2.05, 4.69) is 23.0 Å². The zero-order chi connectivity index (χ0) is 14.5. The summed E-state index contributed by atoms with van der Waals surface area (Å²) in [7, 11) is 0. The second-order valence-corrected chi connectivity index (χ2v) is 6.74. The largest absolute Gasteiger partial charge is 0.343 e. The van der Waals surface area contributed by atoms with Crippen LogP contribution in [0.15, 0.2) is 17.4 Å². The van der Waals surface area contributed by atoms with E-state index < -0.39 is 0 Å². The molecule has 0 unspecified atom stereocenters. The van der Waals surface area contributed by atoms with Crippen LogP contribution in [-0.4, -0.2) is 39.6 Å². The standard InChI is InChI=1S/C14H19N3OS2/c1-4-17(5-2)12(18)6-7-19-13-11-8-10(3)20-14(11)16-9-15-13/h8-9H,4-7H2,1-3H3. The highest BCUT2D eigenvalue weighted by atomic mass is 32.2. The molecule has 0 atom stereocenters. The molecule has 0 aliphatic rings. The molecular formula is C14H19N3OS2. The van der Waals surface area contributed by atoms with Crippen molar-refractivity contribution in [1.82, 2.24) is 14.9 Å². The van der Waals surface area contributed by atoms with E-state index in [0.29, 0.717) is 6.42 Å². The molecule has 0 aromatic carbocycles. The number of nitrogens with zero attached hydrogens (tertiary/aromatic N) is 3. The van der Waals surface area contributed by atoms with E-state index in [-0.39, 0.29) is 5.91 Å². The minimum absolute atomic E-state index is 0.217. The topological polar surface area (TPSA) is 46.1 Å². The van der Waals surface area contributed by atoms with Crippen molar-refractivity contribution >= 4 is 39.2 Å². The van der Waals surface area contributed by atoms with Gasteiger partial charge in [-0.1, -0.05) is 0 Å². The zero-order valence-corrected chi connectivity index (χ0v) is 13.7. The summed E-state index contributed by atoms with van der Waals surface area (Å²) >= 11 is 3.32. The molecule has 20 heavy (non-hydrogen) atoms. The van der Waals surface area contributed by atoms with Crippen molar-refractivity contribution < 1.29 is 4.79 Å². The fourth-order valence-corrected chi connectivity index (χ4v) is 3.85. The van der Waals surface area contributed by atoms with E-state index in [1.807, 2.05) is 18.7 Å². The summed E-state index contributed by atoms with van der Waals surface area (Å²) in [5, 5.41) is 2.09. The number of thiophene rings is 1. The molecule has 0 aliphatic carbocycles. The lowest BCUT2D eigenvalue weighted by Gasteiger charge is -2.18. The molecule has 0 fully saturated rings. The first kappa shape index (κ1) is 15.3. The van der Waals surface area contributed by atoms with E-state index in [1.165, 1.54) is 4.88 Å². The first-order chi connectivity index (χ1) is 9.65. The van der Waals surface area contributed by atoms with Crippen LogP contribution < -0.4 is 0 Å². The quantitative estimate of drug-likeness (QED) is 0.606. The third kappa shape index (κ3) is 3.49. The maximum Gasteiger partial charge on any atom is 0.223 e. The summed E-state index contributed by atoms with van der Waals surface area (Å²) in [6.45, 7) is 7.65. The van der Waals surface area contributed by atoms with Gasteiger partial charge in [-0.3, -0.25) is 4.79 Å². The van der Waals surface area contributed by atoms with Gasteiger partial charge in [0.15, 0.2) is 0 Å². The Hall–Kier alpha value is -1.14. The van der Waals surface area contributed by atoms with Gasteiger partial charge in [0.05, 0.1) is 0 Å². The average molecular weight is 309 g/mol. The van der Waals surface area contributed by atoms with Gasteiger partial charge in [-0.2, -0.15) is 0 Å². The van der Waals surface area contributed by atoms with Crippen LogP contribution in [0.2, 0.25) is 0 Å². The molecular weight excluding hydrogens is 290 g/mol. The van der Waals surface area contributed by atoms with Crippen LogP contribution >= 0.6 is 23.1 Å². The average Bonchev–Trinajstić information content (AvgIpc) is 2.81. The van der Waals surface area contributed by atoms with Crippen molar-refractivity contribution in [3.05, 3.63) is 17.3 Å². The van der Waals surface area contributed by atoms with Crippen LogP contribution in [0.1, 0.15) is 25.1 Å². The number of amides is 1. The van der Waals surface area contributed by atoms with E-state index in [0.717, 1.165) is 34.1 Å². The maximum atomic E-state index is 11.9. The van der Waals surface area contributed by atoms with E-state index in [9.17, 15) is 4.79 Å². The lowest BCUT2D eigenvalue weighted by Crippen LogP contribution is -2.30. The fourth-order valence-electron chi connectivity index (χ4n) is 2.04. The molecule has 0 bridgehead atoms. The Morgan fingerprint density at radius 2 is 2.10 bits per heavy atom. The Morgan fingerprint density at radius 3 is 2.80 bits per heavy atom. The van der Waals surface area contributed by atoms with Gasteiger partial charge in [0, 0.05) is 35.5 Å². The van der Waals surface area contributed by atoms with E-state index in [4.69, 9.17) is 0 Å². The summed E-state index contributed by atoms with van der Waals surface area (Å²) in [5.74, 6) is 0.977. The minimum Gasteiger partial charge on any atom is -0.343 e. The van der Waals surface area contributed by atoms with Crippen LogP contribution in [0.4, 0.5) is 0 Å². The summed E-state index contributed by atoms with van der Waals surface area (Å²) in [6, 6.07) is 2.12. The van der Waals surface area contributed by atoms with Crippen LogP contribution in [-0.2, 0) is 4.79 Å². The Kier molecular flexibility index (Phi) is 5.37. The summed E-state index contributed by atoms with van der Waals surface area (Å²) in [4.78, 5) is 24.7. The number of hydrogen-bond acceptors (Lipinski definition) is 5. The lowest BCUT2D eigenvalue weighted by molar-refractivity contribution is -0.130. The van der Waals surface area contributed by atoms with Gasteiger partial charge >= 0.3 is 0 Å². The highest BCUT2D eigenvalue weighted by Crippen LogP contribution is 2.30. The molecule has 0 aliphatic heterocycles. The van der Waals surface area contributed by atoms with Crippen molar-refractivity contribution in [2.24, 2.45) is 0 Å². The first-order valence-corrected chi connectivity index (χ1v) is 8.57. The summed E-state index contributed by atoms with van der Waals surface area (Å²) < 4.78 is 0. The number of aryl methyl sites for hydroxylation is 1. The normalized spacial score (nSPS) is 10.9. The van der Waals surface area contributed by atoms with Gasteiger partial charge in [-0.25, -0.2) is 9.97 Å². The lowest BCUT2D eigenvalue weighted by atomic mass is 10.4. The van der Waals surface area contributed by atoms with Crippen LogP contribution in [0.3, 0.4) is 0 Å². The molecule has 2 rings (SSSR count). The molecule has 0 spiro atoms. The van der Waals surface area contributed by atoms with Gasteiger partial charge in [0.1, 0.15) is 16.2 Å². The van der Waals surface area contributed by atoms with Crippen molar-refractivity contribution in [2.75, 3.05) is 18.8 Å². The van der Waals surface area contributed by atoms with Crippen LogP contribution in [0, 0.1) is 6.92 Å². The summed E-state index contributed by atoms with van der Waals surface area (Å²) in [6.07, 6.45) is 2.16. The molecule has 0 saturated carbocycles. The number of hydrogen-bond donors (Lipinski definition) is 0. The van der Waals surface area contributed by atoms with Gasteiger partial charge in [0.2, 0.25) is 5.91 Å². The maximum absolute atomic E-state index is 11.9. The minimum atomic E-state index is 0.217. The van der Waals surface area contributed by atoms with Gasteiger partial charge < -0.3 is 4.90 Å². The smallest absolute Gasteiger partial charge is 0.223 e. The third-order valence-electron chi connectivity index (χ3n) is 3.09. The number of rotatable bonds is 6. The Labute approximate surface area is 127 Å². The number of carbonyl (C=O) groups is 1.